The molecule has 0 radical (unpaired) electrons. The van der Waals surface area contributed by atoms with Crippen molar-refractivity contribution in [3.05, 3.63) is 24.2 Å². The minimum atomic E-state index is 0.307. The van der Waals surface area contributed by atoms with E-state index in [0.717, 1.165) is 5.76 Å². The second-order valence-corrected chi connectivity index (χ2v) is 4.57. The van der Waals surface area contributed by atoms with Gasteiger partial charge in [-0.1, -0.05) is 0 Å². The molecule has 0 amide bonds. The van der Waals surface area contributed by atoms with E-state index >= 15 is 0 Å². The summed E-state index contributed by atoms with van der Waals surface area (Å²) in [7, 11) is 0. The maximum Gasteiger partial charge on any atom is 0.120 e. The smallest absolute Gasteiger partial charge is 0.120 e. The van der Waals surface area contributed by atoms with Crippen molar-refractivity contribution < 1.29 is 4.42 Å². The molecule has 2 nitrogen and oxygen atoms in total. The molecule has 0 aliphatic carbocycles. The lowest BCUT2D eigenvalue weighted by molar-refractivity contribution is 0.395. The molecular weight excluding hydrogens is 194 g/mol. The van der Waals surface area contributed by atoms with Crippen LogP contribution in [0.2, 0.25) is 0 Å². The number of hydrogen-bond donors (Lipinski definition) is 1. The normalized spacial score (nSPS) is 15.4. The first kappa shape index (κ1) is 11.7. The highest BCUT2D eigenvalue weighted by atomic mass is 32.2. The molecule has 0 aliphatic rings. The van der Waals surface area contributed by atoms with Crippen molar-refractivity contribution in [1.82, 2.24) is 5.32 Å². The largest absolute Gasteiger partial charge is 0.468 e. The zero-order valence-corrected chi connectivity index (χ0v) is 9.93. The van der Waals surface area contributed by atoms with Crippen LogP contribution in [0.15, 0.2) is 22.8 Å². The highest BCUT2D eigenvalue weighted by molar-refractivity contribution is 7.98. The van der Waals surface area contributed by atoms with E-state index < -0.39 is 0 Å². The maximum absolute atomic E-state index is 5.33. The molecule has 0 unspecified atom stereocenters. The molecule has 1 N–H and O–H groups in total. The summed E-state index contributed by atoms with van der Waals surface area (Å²) in [5.41, 5.74) is 0. The fraction of sp³-hybridized carbons (Fsp3) is 0.636. The third kappa shape index (κ3) is 3.76. The molecule has 1 aromatic rings. The highest BCUT2D eigenvalue weighted by Crippen LogP contribution is 2.14. The predicted octanol–water partition coefficient (Wildman–Crippen LogP) is 3.07. The molecule has 1 heterocycles. The summed E-state index contributed by atoms with van der Waals surface area (Å²) in [6.45, 7) is 4.35. The Balaban J connectivity index is 2.29. The summed E-state index contributed by atoms with van der Waals surface area (Å²) in [5.74, 6) is 2.22. The lowest BCUT2D eigenvalue weighted by Gasteiger charge is -2.17. The van der Waals surface area contributed by atoms with Crippen molar-refractivity contribution >= 4 is 11.8 Å². The Kier molecular flexibility index (Phi) is 5.12. The molecule has 0 aliphatic heterocycles. The first-order valence-corrected chi connectivity index (χ1v) is 6.41. The van der Waals surface area contributed by atoms with E-state index in [1.807, 2.05) is 23.9 Å². The predicted molar refractivity (Wildman–Crippen MR) is 62.7 cm³/mol. The summed E-state index contributed by atoms with van der Waals surface area (Å²) in [6, 6.07) is 4.79. The van der Waals surface area contributed by atoms with E-state index in [-0.39, 0.29) is 0 Å². The fourth-order valence-corrected chi connectivity index (χ4v) is 2.01. The van der Waals surface area contributed by atoms with Gasteiger partial charge in [-0.15, -0.1) is 0 Å². The molecule has 2 atom stereocenters. The van der Waals surface area contributed by atoms with Gasteiger partial charge in [-0.05, 0) is 44.4 Å². The lowest BCUT2D eigenvalue weighted by Crippen LogP contribution is -2.29. The molecule has 1 aromatic heterocycles. The van der Waals surface area contributed by atoms with E-state index in [0.29, 0.717) is 12.1 Å². The number of thioether (sulfide) groups is 1. The molecule has 0 bridgehead atoms. The molecule has 0 saturated heterocycles. The van der Waals surface area contributed by atoms with Gasteiger partial charge in [0.2, 0.25) is 0 Å². The standard InChI is InChI=1S/C11H19NOS/c1-9(6-8-14-3)12-10(2)11-5-4-7-13-11/h4-5,7,9-10,12H,6,8H2,1-3H3/t9-,10-/m1/s1. The van der Waals surface area contributed by atoms with Crippen LogP contribution in [0.4, 0.5) is 0 Å². The summed E-state index contributed by atoms with van der Waals surface area (Å²) in [4.78, 5) is 0. The molecule has 14 heavy (non-hydrogen) atoms. The maximum atomic E-state index is 5.33. The first-order valence-electron chi connectivity index (χ1n) is 5.02. The molecule has 1 rings (SSSR count). The van der Waals surface area contributed by atoms with Crippen molar-refractivity contribution in [3.8, 4) is 0 Å². The second-order valence-electron chi connectivity index (χ2n) is 3.59. The van der Waals surface area contributed by atoms with Gasteiger partial charge in [-0.2, -0.15) is 11.8 Å². The van der Waals surface area contributed by atoms with Crippen LogP contribution in [0.3, 0.4) is 0 Å². The van der Waals surface area contributed by atoms with Gasteiger partial charge in [0, 0.05) is 6.04 Å². The van der Waals surface area contributed by atoms with Crippen LogP contribution in [0.25, 0.3) is 0 Å². The minimum Gasteiger partial charge on any atom is -0.468 e. The van der Waals surface area contributed by atoms with Crippen LogP contribution in [0, 0.1) is 0 Å². The van der Waals surface area contributed by atoms with Gasteiger partial charge in [0.1, 0.15) is 5.76 Å². The number of furan rings is 1. The molecule has 0 saturated carbocycles. The van der Waals surface area contributed by atoms with Crippen LogP contribution >= 0.6 is 11.8 Å². The van der Waals surface area contributed by atoms with E-state index in [1.165, 1.54) is 12.2 Å². The molecule has 3 heteroatoms. The minimum absolute atomic E-state index is 0.307. The molecule has 80 valence electrons. The Morgan fingerprint density at radius 3 is 2.86 bits per heavy atom. The Hall–Kier alpha value is -0.410. The van der Waals surface area contributed by atoms with Crippen molar-refractivity contribution in [3.63, 3.8) is 0 Å². The van der Waals surface area contributed by atoms with Gasteiger partial charge in [-0.3, -0.25) is 0 Å². The summed E-state index contributed by atoms with van der Waals surface area (Å²) < 4.78 is 5.33. The quantitative estimate of drug-likeness (QED) is 0.786. The Bertz CT molecular complexity index is 235. The van der Waals surface area contributed by atoms with Gasteiger partial charge in [-0.25, -0.2) is 0 Å². The van der Waals surface area contributed by atoms with Gasteiger partial charge >= 0.3 is 0 Å². The third-order valence-corrected chi connectivity index (χ3v) is 2.90. The van der Waals surface area contributed by atoms with E-state index in [1.54, 1.807) is 6.26 Å². The summed E-state index contributed by atoms with van der Waals surface area (Å²) in [5, 5.41) is 3.51. The zero-order valence-electron chi connectivity index (χ0n) is 9.12. The number of hydrogen-bond acceptors (Lipinski definition) is 3. The van der Waals surface area contributed by atoms with Gasteiger partial charge in [0.05, 0.1) is 12.3 Å². The van der Waals surface area contributed by atoms with Gasteiger partial charge in [0.15, 0.2) is 0 Å². The van der Waals surface area contributed by atoms with Crippen LogP contribution in [-0.4, -0.2) is 18.1 Å². The second kappa shape index (κ2) is 6.14. The molecule has 0 spiro atoms. The van der Waals surface area contributed by atoms with Crippen molar-refractivity contribution in [2.45, 2.75) is 32.4 Å². The van der Waals surface area contributed by atoms with Crippen LogP contribution in [-0.2, 0) is 0 Å². The monoisotopic (exact) mass is 213 g/mol. The Morgan fingerprint density at radius 2 is 2.29 bits per heavy atom. The first-order chi connectivity index (χ1) is 6.74. The van der Waals surface area contributed by atoms with Crippen LogP contribution in [0.1, 0.15) is 32.1 Å². The molecule has 0 aromatic carbocycles. The Labute approximate surface area is 90.5 Å². The fourth-order valence-electron chi connectivity index (χ4n) is 1.42. The van der Waals surface area contributed by atoms with Gasteiger partial charge < -0.3 is 9.73 Å². The van der Waals surface area contributed by atoms with Gasteiger partial charge in [0.25, 0.3) is 0 Å². The number of nitrogens with one attached hydrogen (secondary N) is 1. The number of rotatable bonds is 6. The van der Waals surface area contributed by atoms with Crippen LogP contribution in [0.5, 0.6) is 0 Å². The summed E-state index contributed by atoms with van der Waals surface area (Å²) in [6.07, 6.45) is 5.06. The average Bonchev–Trinajstić information content (AvgIpc) is 2.67. The van der Waals surface area contributed by atoms with E-state index in [9.17, 15) is 0 Å². The van der Waals surface area contributed by atoms with E-state index in [4.69, 9.17) is 4.42 Å². The van der Waals surface area contributed by atoms with Crippen molar-refractivity contribution in [1.29, 1.82) is 0 Å². The zero-order chi connectivity index (χ0) is 10.4. The van der Waals surface area contributed by atoms with Crippen molar-refractivity contribution in [2.75, 3.05) is 12.0 Å². The molecular formula is C11H19NOS. The lowest BCUT2D eigenvalue weighted by atomic mass is 10.2. The average molecular weight is 213 g/mol. The molecule has 0 fully saturated rings. The van der Waals surface area contributed by atoms with E-state index in [2.05, 4.69) is 25.4 Å². The topological polar surface area (TPSA) is 25.2 Å². The third-order valence-electron chi connectivity index (χ3n) is 2.26. The Morgan fingerprint density at radius 1 is 1.50 bits per heavy atom. The summed E-state index contributed by atoms with van der Waals surface area (Å²) >= 11 is 1.89. The SMILES string of the molecule is CSCC[C@@H](C)N[C@H](C)c1ccco1. The van der Waals surface area contributed by atoms with Crippen molar-refractivity contribution in [2.24, 2.45) is 0 Å². The van der Waals surface area contributed by atoms with Crippen LogP contribution < -0.4 is 5.32 Å². The highest BCUT2D eigenvalue weighted by Gasteiger charge is 2.10.